The van der Waals surface area contributed by atoms with Gasteiger partial charge in [-0.15, -0.1) is 0 Å². The van der Waals surface area contributed by atoms with Gasteiger partial charge < -0.3 is 10.1 Å². The summed E-state index contributed by atoms with van der Waals surface area (Å²) in [4.78, 5) is 24.7. The second-order valence-corrected chi connectivity index (χ2v) is 3.68. The predicted octanol–water partition coefficient (Wildman–Crippen LogP) is 1.85. The highest BCUT2D eigenvalue weighted by Crippen LogP contribution is 2.19. The van der Waals surface area contributed by atoms with E-state index in [1.54, 1.807) is 0 Å². The average Bonchev–Trinajstić information content (AvgIpc) is 2.39. The van der Waals surface area contributed by atoms with Crippen molar-refractivity contribution in [1.82, 2.24) is 4.98 Å². The van der Waals surface area contributed by atoms with Crippen molar-refractivity contribution in [3.05, 3.63) is 22.5 Å². The van der Waals surface area contributed by atoms with Gasteiger partial charge >= 0.3 is 5.97 Å². The number of carbonyl (C=O) groups is 2. The van der Waals surface area contributed by atoms with E-state index < -0.39 is 5.97 Å². The van der Waals surface area contributed by atoms with Crippen LogP contribution in [0.4, 0.5) is 0 Å². The van der Waals surface area contributed by atoms with Crippen molar-refractivity contribution in [2.75, 3.05) is 0 Å². The fraction of sp³-hybridized carbons (Fsp3) is 0.455. The molecule has 0 amide bonds. The average molecular weight is 209 g/mol. The zero-order valence-electron chi connectivity index (χ0n) is 9.18. The number of hydrogen-bond donors (Lipinski definition) is 2. The second-order valence-electron chi connectivity index (χ2n) is 3.68. The highest BCUT2D eigenvalue weighted by molar-refractivity contribution is 5.94. The minimum Gasteiger partial charge on any atom is -0.481 e. The molecule has 2 N–H and O–H groups in total. The number of aromatic amines is 1. The molecule has 0 atom stereocenters. The van der Waals surface area contributed by atoms with Crippen LogP contribution >= 0.6 is 0 Å². The standard InChI is InChI=1S/C11H15NO3/c1-6-9(4-5-10(14)15)7(2)12-11(6)8(3)13/h12H,4-5H2,1-3H3,(H,14,15). The fourth-order valence-corrected chi connectivity index (χ4v) is 1.75. The highest BCUT2D eigenvalue weighted by Gasteiger charge is 2.14. The van der Waals surface area contributed by atoms with Crippen LogP contribution in [-0.2, 0) is 11.2 Å². The molecule has 15 heavy (non-hydrogen) atoms. The maximum absolute atomic E-state index is 11.2. The molecule has 0 unspecified atom stereocenters. The van der Waals surface area contributed by atoms with Gasteiger partial charge in [0.25, 0.3) is 0 Å². The largest absolute Gasteiger partial charge is 0.481 e. The van der Waals surface area contributed by atoms with Gasteiger partial charge in [0.05, 0.1) is 5.69 Å². The van der Waals surface area contributed by atoms with E-state index in [0.29, 0.717) is 12.1 Å². The third-order valence-electron chi connectivity index (χ3n) is 2.53. The second kappa shape index (κ2) is 4.29. The van der Waals surface area contributed by atoms with Crippen LogP contribution in [-0.4, -0.2) is 21.8 Å². The van der Waals surface area contributed by atoms with Crippen LogP contribution in [0.15, 0.2) is 0 Å². The molecule has 82 valence electrons. The number of ketones is 1. The van der Waals surface area contributed by atoms with E-state index in [0.717, 1.165) is 16.8 Å². The highest BCUT2D eigenvalue weighted by atomic mass is 16.4. The van der Waals surface area contributed by atoms with Crippen LogP contribution in [0, 0.1) is 13.8 Å². The van der Waals surface area contributed by atoms with E-state index in [-0.39, 0.29) is 12.2 Å². The number of hydrogen-bond acceptors (Lipinski definition) is 2. The van der Waals surface area contributed by atoms with Gasteiger partial charge in [0.15, 0.2) is 5.78 Å². The number of rotatable bonds is 4. The maximum Gasteiger partial charge on any atom is 0.303 e. The van der Waals surface area contributed by atoms with Crippen LogP contribution in [0.25, 0.3) is 0 Å². The van der Waals surface area contributed by atoms with Crippen LogP contribution in [0.3, 0.4) is 0 Å². The SMILES string of the molecule is CC(=O)c1[nH]c(C)c(CCC(=O)O)c1C. The summed E-state index contributed by atoms with van der Waals surface area (Å²) in [6, 6.07) is 0. The summed E-state index contributed by atoms with van der Waals surface area (Å²) in [5, 5.41) is 8.60. The molecular weight excluding hydrogens is 194 g/mol. The van der Waals surface area contributed by atoms with Crippen molar-refractivity contribution in [3.8, 4) is 0 Å². The number of carboxylic acids is 1. The van der Waals surface area contributed by atoms with E-state index in [1.165, 1.54) is 6.92 Å². The number of Topliss-reactive ketones (excluding diaryl/α,β-unsaturated/α-hetero) is 1. The zero-order chi connectivity index (χ0) is 11.6. The lowest BCUT2D eigenvalue weighted by atomic mass is 10.0. The molecule has 0 saturated heterocycles. The molecule has 1 aromatic rings. The lowest BCUT2D eigenvalue weighted by Crippen LogP contribution is -1.99. The predicted molar refractivity (Wildman–Crippen MR) is 56.2 cm³/mol. The fourth-order valence-electron chi connectivity index (χ4n) is 1.75. The Labute approximate surface area is 88.3 Å². The number of H-pyrrole nitrogens is 1. The Morgan fingerprint density at radius 2 is 1.93 bits per heavy atom. The number of nitrogens with one attached hydrogen (secondary N) is 1. The first kappa shape index (κ1) is 11.5. The van der Waals surface area contributed by atoms with Gasteiger partial charge in [0.1, 0.15) is 0 Å². The molecule has 4 heteroatoms. The lowest BCUT2D eigenvalue weighted by molar-refractivity contribution is -0.136. The minimum atomic E-state index is -0.820. The quantitative estimate of drug-likeness (QED) is 0.743. The summed E-state index contributed by atoms with van der Waals surface area (Å²) in [6.07, 6.45) is 0.563. The van der Waals surface area contributed by atoms with Gasteiger partial charge in [0, 0.05) is 19.0 Å². The molecule has 0 radical (unpaired) electrons. The Kier molecular flexibility index (Phi) is 3.29. The molecule has 0 aromatic carbocycles. The van der Waals surface area contributed by atoms with Crippen molar-refractivity contribution in [1.29, 1.82) is 0 Å². The van der Waals surface area contributed by atoms with Gasteiger partial charge in [-0.05, 0) is 31.4 Å². The molecule has 0 aliphatic carbocycles. The van der Waals surface area contributed by atoms with Crippen LogP contribution < -0.4 is 0 Å². The molecule has 0 aliphatic rings. The Hall–Kier alpha value is -1.58. The van der Waals surface area contributed by atoms with Crippen molar-refractivity contribution < 1.29 is 14.7 Å². The number of carbonyl (C=O) groups excluding carboxylic acids is 1. The molecule has 0 saturated carbocycles. The van der Waals surface area contributed by atoms with E-state index in [4.69, 9.17) is 5.11 Å². The normalized spacial score (nSPS) is 10.3. The Morgan fingerprint density at radius 1 is 1.33 bits per heavy atom. The topological polar surface area (TPSA) is 70.2 Å². The molecule has 1 aromatic heterocycles. The Bertz CT molecular complexity index is 404. The summed E-state index contributed by atoms with van der Waals surface area (Å²) < 4.78 is 0. The van der Waals surface area contributed by atoms with Gasteiger partial charge in [-0.1, -0.05) is 0 Å². The Balaban J connectivity index is 2.97. The van der Waals surface area contributed by atoms with Gasteiger partial charge in [-0.3, -0.25) is 9.59 Å². The smallest absolute Gasteiger partial charge is 0.303 e. The van der Waals surface area contributed by atoms with E-state index in [9.17, 15) is 9.59 Å². The third kappa shape index (κ3) is 2.46. The first-order valence-corrected chi connectivity index (χ1v) is 4.84. The summed E-state index contributed by atoms with van der Waals surface area (Å²) in [7, 11) is 0. The third-order valence-corrected chi connectivity index (χ3v) is 2.53. The summed E-state index contributed by atoms with van der Waals surface area (Å²) in [6.45, 7) is 5.20. The molecule has 1 rings (SSSR count). The van der Waals surface area contributed by atoms with Crippen molar-refractivity contribution >= 4 is 11.8 Å². The van der Waals surface area contributed by atoms with Crippen LogP contribution in [0.2, 0.25) is 0 Å². The van der Waals surface area contributed by atoms with Gasteiger partial charge in [-0.25, -0.2) is 0 Å². The van der Waals surface area contributed by atoms with Gasteiger partial charge in [-0.2, -0.15) is 0 Å². The minimum absolute atomic E-state index is 0.0165. The number of aromatic nitrogens is 1. The lowest BCUT2D eigenvalue weighted by Gasteiger charge is -1.99. The van der Waals surface area contributed by atoms with Crippen LogP contribution in [0.1, 0.15) is 40.7 Å². The maximum atomic E-state index is 11.2. The zero-order valence-corrected chi connectivity index (χ0v) is 9.18. The molecule has 0 fully saturated rings. The molecule has 0 aliphatic heterocycles. The first-order chi connectivity index (χ1) is 6.93. The Morgan fingerprint density at radius 3 is 2.33 bits per heavy atom. The van der Waals surface area contributed by atoms with Gasteiger partial charge in [0.2, 0.25) is 0 Å². The molecular formula is C11H15NO3. The molecule has 0 bridgehead atoms. The van der Waals surface area contributed by atoms with Crippen molar-refractivity contribution in [3.63, 3.8) is 0 Å². The molecule has 4 nitrogen and oxygen atoms in total. The summed E-state index contributed by atoms with van der Waals surface area (Å²) >= 11 is 0. The van der Waals surface area contributed by atoms with E-state index >= 15 is 0 Å². The summed E-state index contributed by atoms with van der Waals surface area (Å²) in [5.41, 5.74) is 3.30. The van der Waals surface area contributed by atoms with Crippen molar-refractivity contribution in [2.24, 2.45) is 0 Å². The molecule has 1 heterocycles. The summed E-state index contributed by atoms with van der Waals surface area (Å²) in [5.74, 6) is -0.837. The first-order valence-electron chi connectivity index (χ1n) is 4.84. The number of aliphatic carboxylic acids is 1. The van der Waals surface area contributed by atoms with Crippen LogP contribution in [0.5, 0.6) is 0 Å². The van der Waals surface area contributed by atoms with Crippen molar-refractivity contribution in [2.45, 2.75) is 33.6 Å². The monoisotopic (exact) mass is 209 g/mol. The number of carboxylic acid groups (broad SMARTS) is 1. The molecule has 0 spiro atoms. The van der Waals surface area contributed by atoms with E-state index in [2.05, 4.69) is 4.98 Å². The van der Waals surface area contributed by atoms with E-state index in [1.807, 2.05) is 13.8 Å². The number of aryl methyl sites for hydroxylation is 1.